The summed E-state index contributed by atoms with van der Waals surface area (Å²) in [5.41, 5.74) is 2.99. The van der Waals surface area contributed by atoms with Crippen molar-refractivity contribution >= 4 is 5.69 Å². The van der Waals surface area contributed by atoms with Gasteiger partial charge in [-0.3, -0.25) is 0 Å². The van der Waals surface area contributed by atoms with Gasteiger partial charge in [0.1, 0.15) is 0 Å². The van der Waals surface area contributed by atoms with Crippen LogP contribution in [-0.2, 0) is 6.42 Å². The molecule has 1 aromatic carbocycles. The van der Waals surface area contributed by atoms with Crippen molar-refractivity contribution in [1.82, 2.24) is 5.32 Å². The molecule has 1 aromatic rings. The maximum atomic E-state index is 3.68. The summed E-state index contributed by atoms with van der Waals surface area (Å²) < 4.78 is 0. The minimum atomic E-state index is 0.683. The first-order valence-corrected chi connectivity index (χ1v) is 7.91. The van der Waals surface area contributed by atoms with E-state index in [1.54, 1.807) is 0 Å². The Morgan fingerprint density at radius 3 is 2.74 bits per heavy atom. The number of benzene rings is 1. The molecule has 2 nitrogen and oxygen atoms in total. The summed E-state index contributed by atoms with van der Waals surface area (Å²) in [4.78, 5) is 2.57. The highest BCUT2D eigenvalue weighted by Gasteiger charge is 2.14. The number of anilines is 1. The molecule has 2 rings (SSSR count). The van der Waals surface area contributed by atoms with E-state index in [9.17, 15) is 0 Å². The van der Waals surface area contributed by atoms with E-state index in [4.69, 9.17) is 0 Å². The molecule has 0 unspecified atom stereocenters. The summed E-state index contributed by atoms with van der Waals surface area (Å²) in [5.74, 6) is 0. The standard InChI is InChI=1S/C17H28N2/c1-3-16(4-2)18-12-14-19-13-8-7-10-15-9-5-6-11-17(15)19/h5-6,9,11,16,18H,3-4,7-8,10,12-14H2,1-2H3. The summed E-state index contributed by atoms with van der Waals surface area (Å²) in [6.07, 6.45) is 6.35. The third-order valence-corrected chi connectivity index (χ3v) is 4.26. The Labute approximate surface area is 118 Å². The topological polar surface area (TPSA) is 15.3 Å². The number of aryl methyl sites for hydroxylation is 1. The molecule has 19 heavy (non-hydrogen) atoms. The van der Waals surface area contributed by atoms with Crippen LogP contribution in [0, 0.1) is 0 Å². The molecule has 0 saturated carbocycles. The molecule has 0 saturated heterocycles. The monoisotopic (exact) mass is 260 g/mol. The average Bonchev–Trinajstić information content (AvgIpc) is 2.66. The lowest BCUT2D eigenvalue weighted by atomic mass is 10.1. The van der Waals surface area contributed by atoms with Gasteiger partial charge in [-0.2, -0.15) is 0 Å². The molecule has 0 spiro atoms. The van der Waals surface area contributed by atoms with E-state index in [0.29, 0.717) is 6.04 Å². The highest BCUT2D eigenvalue weighted by atomic mass is 15.1. The van der Waals surface area contributed by atoms with Crippen molar-refractivity contribution in [2.24, 2.45) is 0 Å². The molecule has 0 aromatic heterocycles. The first kappa shape index (κ1) is 14.4. The van der Waals surface area contributed by atoms with E-state index in [1.807, 2.05) is 0 Å². The van der Waals surface area contributed by atoms with Crippen molar-refractivity contribution in [3.63, 3.8) is 0 Å². The normalized spacial score (nSPS) is 15.4. The smallest absolute Gasteiger partial charge is 0.0399 e. The van der Waals surface area contributed by atoms with Crippen LogP contribution in [0.2, 0.25) is 0 Å². The molecule has 0 bridgehead atoms. The lowest BCUT2D eigenvalue weighted by molar-refractivity contribution is 0.486. The molecule has 0 fully saturated rings. The van der Waals surface area contributed by atoms with Crippen LogP contribution < -0.4 is 10.2 Å². The number of nitrogens with zero attached hydrogens (tertiary/aromatic N) is 1. The van der Waals surface area contributed by atoms with E-state index in [1.165, 1.54) is 49.9 Å². The summed E-state index contributed by atoms with van der Waals surface area (Å²) in [7, 11) is 0. The van der Waals surface area contributed by atoms with Gasteiger partial charge in [-0.15, -0.1) is 0 Å². The van der Waals surface area contributed by atoms with E-state index in [0.717, 1.165) is 13.1 Å². The predicted molar refractivity (Wildman–Crippen MR) is 84.0 cm³/mol. The van der Waals surface area contributed by atoms with Crippen molar-refractivity contribution in [1.29, 1.82) is 0 Å². The van der Waals surface area contributed by atoms with E-state index in [2.05, 4.69) is 48.3 Å². The fourth-order valence-electron chi connectivity index (χ4n) is 2.98. The van der Waals surface area contributed by atoms with Gasteiger partial charge in [0.15, 0.2) is 0 Å². The van der Waals surface area contributed by atoms with E-state index in [-0.39, 0.29) is 0 Å². The highest BCUT2D eigenvalue weighted by molar-refractivity contribution is 5.54. The molecule has 0 aliphatic carbocycles. The Morgan fingerprint density at radius 2 is 1.95 bits per heavy atom. The van der Waals surface area contributed by atoms with Gasteiger partial charge in [0.2, 0.25) is 0 Å². The molecule has 1 heterocycles. The van der Waals surface area contributed by atoms with Crippen LogP contribution >= 0.6 is 0 Å². The van der Waals surface area contributed by atoms with Crippen LogP contribution in [0.5, 0.6) is 0 Å². The predicted octanol–water partition coefficient (Wildman–Crippen LogP) is 3.61. The Balaban J connectivity index is 1.93. The van der Waals surface area contributed by atoms with E-state index >= 15 is 0 Å². The highest BCUT2D eigenvalue weighted by Crippen LogP contribution is 2.25. The SMILES string of the molecule is CCC(CC)NCCN1CCCCc2ccccc21. The van der Waals surface area contributed by atoms with Crippen LogP contribution in [0.25, 0.3) is 0 Å². The zero-order chi connectivity index (χ0) is 13.5. The van der Waals surface area contributed by atoms with Gasteiger partial charge < -0.3 is 10.2 Å². The third-order valence-electron chi connectivity index (χ3n) is 4.26. The second kappa shape index (κ2) is 7.54. The van der Waals surface area contributed by atoms with Crippen molar-refractivity contribution in [2.45, 2.75) is 52.0 Å². The number of fused-ring (bicyclic) bond motifs is 1. The summed E-state index contributed by atoms with van der Waals surface area (Å²) in [6, 6.07) is 9.61. The van der Waals surface area contributed by atoms with Crippen LogP contribution in [0.3, 0.4) is 0 Å². The lowest BCUT2D eigenvalue weighted by Gasteiger charge is -2.26. The first-order valence-electron chi connectivity index (χ1n) is 7.91. The van der Waals surface area contributed by atoms with Crippen LogP contribution in [-0.4, -0.2) is 25.7 Å². The molecular weight excluding hydrogens is 232 g/mol. The molecule has 0 amide bonds. The number of hydrogen-bond donors (Lipinski definition) is 1. The molecule has 2 heteroatoms. The maximum Gasteiger partial charge on any atom is 0.0399 e. The zero-order valence-corrected chi connectivity index (χ0v) is 12.5. The van der Waals surface area contributed by atoms with Gasteiger partial charge >= 0.3 is 0 Å². The molecular formula is C17H28N2. The number of nitrogens with one attached hydrogen (secondary N) is 1. The molecule has 1 N–H and O–H groups in total. The maximum absolute atomic E-state index is 3.68. The van der Waals surface area contributed by atoms with Crippen molar-refractivity contribution in [2.75, 3.05) is 24.5 Å². The van der Waals surface area contributed by atoms with Crippen molar-refractivity contribution < 1.29 is 0 Å². The van der Waals surface area contributed by atoms with Gasteiger partial charge in [0, 0.05) is 31.4 Å². The number of para-hydroxylation sites is 1. The lowest BCUT2D eigenvalue weighted by Crippen LogP contribution is -2.37. The summed E-state index contributed by atoms with van der Waals surface area (Å²) in [6.45, 7) is 7.97. The fraction of sp³-hybridized carbons (Fsp3) is 0.647. The van der Waals surface area contributed by atoms with Crippen LogP contribution in [0.15, 0.2) is 24.3 Å². The van der Waals surface area contributed by atoms with Gasteiger partial charge in [-0.05, 0) is 43.7 Å². The Morgan fingerprint density at radius 1 is 1.16 bits per heavy atom. The van der Waals surface area contributed by atoms with Gasteiger partial charge in [-0.25, -0.2) is 0 Å². The minimum absolute atomic E-state index is 0.683. The number of rotatable bonds is 6. The molecule has 1 aliphatic rings. The second-order valence-corrected chi connectivity index (χ2v) is 5.54. The van der Waals surface area contributed by atoms with Crippen molar-refractivity contribution in [3.8, 4) is 0 Å². The average molecular weight is 260 g/mol. The zero-order valence-electron chi connectivity index (χ0n) is 12.5. The summed E-state index contributed by atoms with van der Waals surface area (Å²) >= 11 is 0. The molecule has 106 valence electrons. The van der Waals surface area contributed by atoms with Crippen LogP contribution in [0.1, 0.15) is 45.1 Å². The second-order valence-electron chi connectivity index (χ2n) is 5.54. The summed E-state index contributed by atoms with van der Waals surface area (Å²) in [5, 5.41) is 3.68. The first-order chi connectivity index (χ1) is 9.35. The Hall–Kier alpha value is -1.02. The van der Waals surface area contributed by atoms with Gasteiger partial charge in [0.05, 0.1) is 0 Å². The molecule has 0 radical (unpaired) electrons. The van der Waals surface area contributed by atoms with Crippen LogP contribution in [0.4, 0.5) is 5.69 Å². The minimum Gasteiger partial charge on any atom is -0.370 e. The third kappa shape index (κ3) is 3.97. The molecule has 1 aliphatic heterocycles. The largest absolute Gasteiger partial charge is 0.370 e. The van der Waals surface area contributed by atoms with Gasteiger partial charge in [0.25, 0.3) is 0 Å². The quantitative estimate of drug-likeness (QED) is 0.840. The van der Waals surface area contributed by atoms with E-state index < -0.39 is 0 Å². The Kier molecular flexibility index (Phi) is 5.71. The number of hydrogen-bond acceptors (Lipinski definition) is 2. The molecule has 0 atom stereocenters. The van der Waals surface area contributed by atoms with Gasteiger partial charge in [-0.1, -0.05) is 32.0 Å². The van der Waals surface area contributed by atoms with Crippen molar-refractivity contribution in [3.05, 3.63) is 29.8 Å². The fourth-order valence-corrected chi connectivity index (χ4v) is 2.98. The Bertz CT molecular complexity index is 371.